The summed E-state index contributed by atoms with van der Waals surface area (Å²) in [5.41, 5.74) is -3.47. The van der Waals surface area contributed by atoms with Crippen LogP contribution in [0.2, 0.25) is 0 Å². The molecule has 6 aliphatic rings. The van der Waals surface area contributed by atoms with Gasteiger partial charge in [0.2, 0.25) is 27.7 Å². The van der Waals surface area contributed by atoms with Gasteiger partial charge in [-0.25, -0.2) is 13.2 Å². The van der Waals surface area contributed by atoms with Crippen LogP contribution in [0.4, 0.5) is 4.79 Å². The maximum Gasteiger partial charge on any atom is 0.318 e. The monoisotopic (exact) mass is 773 g/mol. The first-order valence-corrected chi connectivity index (χ1v) is 21.3. The van der Waals surface area contributed by atoms with Crippen molar-refractivity contribution in [3.8, 4) is 0 Å². The summed E-state index contributed by atoms with van der Waals surface area (Å²) < 4.78 is 27.7. The Kier molecular flexibility index (Phi) is 9.89. The van der Waals surface area contributed by atoms with Crippen molar-refractivity contribution in [1.82, 2.24) is 35.4 Å². The smallest absolute Gasteiger partial charge is 0.318 e. The summed E-state index contributed by atoms with van der Waals surface area (Å²) in [6.07, 6.45) is 6.18. The molecule has 4 saturated carbocycles. The highest BCUT2D eigenvalue weighted by Gasteiger charge is 2.85. The standard InChI is InChI=1S/C39H63N7O7S/c1-11-24-21-39(24,32(50)43-54(52,53)25-13-14-25)42-29(47)26-22-38(36(8,9)37(38)15-12-16-37)23-46(26)31(49)28(35(5,6)7)40-30(48)27(34(2,3)4)41-33(51)45-19-17-44(10)18-20-45/h11,24-28H,1,12-23H2,2-10H3,(H,40,48)(H,41,51)(H,42,47)(H,43,50)/t24-,26+,27-,28-,38-,39-/m1/s1. The molecule has 2 aliphatic heterocycles. The zero-order valence-corrected chi connectivity index (χ0v) is 34.6. The molecule has 4 N–H and O–H groups in total. The molecular weight excluding hydrogens is 711 g/mol. The topological polar surface area (TPSA) is 177 Å². The summed E-state index contributed by atoms with van der Waals surface area (Å²) in [6, 6.07) is -3.30. The lowest BCUT2D eigenvalue weighted by molar-refractivity contribution is -0.145. The molecule has 0 aromatic heterocycles. The van der Waals surface area contributed by atoms with Crippen LogP contribution in [0.25, 0.3) is 0 Å². The van der Waals surface area contributed by atoms with Crippen LogP contribution < -0.4 is 20.7 Å². The number of sulfonamides is 1. The van der Waals surface area contributed by atoms with Gasteiger partial charge in [-0.15, -0.1) is 6.58 Å². The fourth-order valence-electron chi connectivity index (χ4n) is 10.0. The van der Waals surface area contributed by atoms with Crippen molar-refractivity contribution in [2.75, 3.05) is 39.8 Å². The van der Waals surface area contributed by atoms with E-state index in [4.69, 9.17) is 0 Å². The number of hydrogen-bond donors (Lipinski definition) is 4. The van der Waals surface area contributed by atoms with Crippen LogP contribution in [0.15, 0.2) is 12.7 Å². The molecule has 15 heteroatoms. The molecular formula is C39H63N7O7S. The second-order valence-corrected chi connectivity index (χ2v) is 21.8. The van der Waals surface area contributed by atoms with Crippen molar-refractivity contribution >= 4 is 39.7 Å². The van der Waals surface area contributed by atoms with Gasteiger partial charge in [0, 0.05) is 44.1 Å². The Bertz CT molecular complexity index is 1700. The highest BCUT2D eigenvalue weighted by molar-refractivity contribution is 7.91. The van der Waals surface area contributed by atoms with Gasteiger partial charge in [-0.2, -0.15) is 0 Å². The number of likely N-dealkylation sites (tertiary alicyclic amines) is 1. The SMILES string of the molecule is C=C[C@@H]1C[C@]1(NC(=O)[C@@H]1C[C@@]2(CN1C(=O)[C@@H](NC(=O)[C@@H](NC(=O)N1CCN(C)CC1)C(C)(C)C)C(C)(C)C)C(C)(C)C21CCC1)C(=O)NS(=O)(=O)C1CC1. The Morgan fingerprint density at radius 1 is 0.852 bits per heavy atom. The summed E-state index contributed by atoms with van der Waals surface area (Å²) in [6.45, 7) is 22.3. The molecule has 2 heterocycles. The highest BCUT2D eigenvalue weighted by Crippen LogP contribution is 2.88. The van der Waals surface area contributed by atoms with Crippen LogP contribution in [0.3, 0.4) is 0 Å². The van der Waals surface area contributed by atoms with Crippen molar-refractivity contribution in [3.05, 3.63) is 12.7 Å². The van der Waals surface area contributed by atoms with Crippen molar-refractivity contribution in [2.24, 2.45) is 33.0 Å². The van der Waals surface area contributed by atoms with Gasteiger partial charge in [-0.1, -0.05) is 67.9 Å². The first kappa shape index (κ1) is 40.5. The molecule has 6 rings (SSSR count). The van der Waals surface area contributed by atoms with Gasteiger partial charge in [-0.05, 0) is 67.2 Å². The van der Waals surface area contributed by atoms with Gasteiger partial charge in [0.05, 0.1) is 5.25 Å². The Morgan fingerprint density at radius 2 is 1.44 bits per heavy atom. The summed E-state index contributed by atoms with van der Waals surface area (Å²) in [5, 5.41) is 8.28. The molecule has 2 saturated heterocycles. The molecule has 0 radical (unpaired) electrons. The Balaban J connectivity index is 1.26. The Morgan fingerprint density at radius 3 is 1.91 bits per heavy atom. The fraction of sp³-hybridized carbons (Fsp3) is 0.821. The Hall–Kier alpha value is -3.20. The van der Waals surface area contributed by atoms with E-state index in [0.29, 0.717) is 38.9 Å². The zero-order valence-electron chi connectivity index (χ0n) is 33.8. The highest BCUT2D eigenvalue weighted by atomic mass is 32.2. The molecule has 0 bridgehead atoms. The number of carbonyl (C=O) groups excluding carboxylic acids is 5. The molecule has 0 unspecified atom stereocenters. The van der Waals surface area contributed by atoms with Crippen LogP contribution in [-0.4, -0.2) is 121 Å². The van der Waals surface area contributed by atoms with E-state index in [2.05, 4.69) is 46.0 Å². The molecule has 6 fully saturated rings. The number of fused-ring (bicyclic) bond motifs is 1. The van der Waals surface area contributed by atoms with E-state index < -0.39 is 79.3 Å². The number of hydrogen-bond acceptors (Lipinski definition) is 8. The minimum atomic E-state index is -3.87. The van der Waals surface area contributed by atoms with Crippen LogP contribution in [-0.2, 0) is 29.2 Å². The van der Waals surface area contributed by atoms with Crippen molar-refractivity contribution < 1.29 is 32.4 Å². The molecule has 6 atom stereocenters. The molecule has 0 aromatic rings. The largest absolute Gasteiger partial charge is 0.342 e. The third kappa shape index (κ3) is 6.62. The molecule has 0 aromatic carbocycles. The lowest BCUT2D eigenvalue weighted by Crippen LogP contribution is -2.64. The number of nitrogens with zero attached hydrogens (tertiary/aromatic N) is 3. The normalized spacial score (nSPS) is 31.2. The average Bonchev–Trinajstić information content (AvgIpc) is 3.99. The third-order valence-electron chi connectivity index (χ3n) is 14.2. The van der Waals surface area contributed by atoms with Gasteiger partial charge in [0.15, 0.2) is 0 Å². The van der Waals surface area contributed by atoms with Crippen LogP contribution in [0, 0.1) is 33.0 Å². The number of urea groups is 1. The summed E-state index contributed by atoms with van der Waals surface area (Å²) in [7, 11) is -1.87. The minimum absolute atomic E-state index is 0.0183. The summed E-state index contributed by atoms with van der Waals surface area (Å²) in [4.78, 5) is 76.3. The van der Waals surface area contributed by atoms with Crippen LogP contribution in [0.1, 0.15) is 100 Å². The number of amides is 6. The fourth-order valence-corrected chi connectivity index (χ4v) is 11.4. The van der Waals surface area contributed by atoms with E-state index >= 15 is 4.79 Å². The van der Waals surface area contributed by atoms with Gasteiger partial charge in [-0.3, -0.25) is 23.9 Å². The number of likely N-dealkylation sites (N-methyl/N-ethyl adjacent to an activating group) is 1. The summed E-state index contributed by atoms with van der Waals surface area (Å²) >= 11 is 0. The predicted molar refractivity (Wildman–Crippen MR) is 204 cm³/mol. The third-order valence-corrected chi connectivity index (χ3v) is 16.1. The molecule has 4 aliphatic carbocycles. The minimum Gasteiger partial charge on any atom is -0.342 e. The maximum atomic E-state index is 15.0. The molecule has 302 valence electrons. The first-order valence-electron chi connectivity index (χ1n) is 19.7. The molecule has 2 spiro atoms. The second kappa shape index (κ2) is 13.2. The number of carbonyl (C=O) groups is 5. The van der Waals surface area contributed by atoms with Crippen LogP contribution in [0.5, 0.6) is 0 Å². The maximum absolute atomic E-state index is 15.0. The quantitative estimate of drug-likeness (QED) is 0.245. The van der Waals surface area contributed by atoms with E-state index in [1.54, 1.807) is 15.9 Å². The second-order valence-electron chi connectivity index (χ2n) is 19.9. The Labute approximate surface area is 321 Å². The van der Waals surface area contributed by atoms with E-state index in [9.17, 15) is 27.6 Å². The van der Waals surface area contributed by atoms with Crippen molar-refractivity contribution in [3.63, 3.8) is 0 Å². The van der Waals surface area contributed by atoms with Crippen molar-refractivity contribution in [1.29, 1.82) is 0 Å². The molecule has 14 nitrogen and oxygen atoms in total. The lowest BCUT2D eigenvalue weighted by atomic mass is 9.73. The van der Waals surface area contributed by atoms with E-state index in [1.807, 2.05) is 48.6 Å². The van der Waals surface area contributed by atoms with Gasteiger partial charge in [0.1, 0.15) is 23.7 Å². The van der Waals surface area contributed by atoms with E-state index in [1.165, 1.54) is 0 Å². The molecule has 54 heavy (non-hydrogen) atoms. The molecule has 6 amide bonds. The van der Waals surface area contributed by atoms with Gasteiger partial charge < -0.3 is 30.7 Å². The number of nitrogens with one attached hydrogen (secondary N) is 4. The van der Waals surface area contributed by atoms with E-state index in [-0.39, 0.29) is 28.7 Å². The average molecular weight is 774 g/mol. The predicted octanol–water partition coefficient (Wildman–Crippen LogP) is 2.36. The van der Waals surface area contributed by atoms with Crippen LogP contribution >= 0.6 is 0 Å². The summed E-state index contributed by atoms with van der Waals surface area (Å²) in [5.74, 6) is -2.68. The van der Waals surface area contributed by atoms with Gasteiger partial charge >= 0.3 is 6.03 Å². The first-order chi connectivity index (χ1) is 24.9. The lowest BCUT2D eigenvalue weighted by Gasteiger charge is -2.39. The zero-order chi connectivity index (χ0) is 40.0. The van der Waals surface area contributed by atoms with Crippen molar-refractivity contribution in [2.45, 2.75) is 129 Å². The van der Waals surface area contributed by atoms with E-state index in [0.717, 1.165) is 32.4 Å². The number of rotatable bonds is 10. The number of piperazine rings is 1. The van der Waals surface area contributed by atoms with Gasteiger partial charge in [0.25, 0.3) is 5.91 Å².